The van der Waals surface area contributed by atoms with Crippen LogP contribution in [0.25, 0.3) is 10.9 Å². The molecular weight excluding hydrogens is 468 g/mol. The van der Waals surface area contributed by atoms with Crippen LogP contribution in [0.2, 0.25) is 0 Å². The standard InChI is InChI=1S/C30H34N2O5/c1-32(29(22-6-4-3-5-7-22)28-20-35-14-15-36-28)25-10-8-21(9-11-25)19-37-30(33)24-16-23-17-26(34-2)12-13-27(23)31-18-24/h3-4,6,12-18,20-21,25,29H,5,7-11,19H2,1-2H3. The third kappa shape index (κ3) is 5.88. The molecule has 7 heteroatoms. The Hall–Kier alpha value is -3.58. The van der Waals surface area contributed by atoms with E-state index in [1.54, 1.807) is 32.1 Å². The largest absolute Gasteiger partial charge is 0.497 e. The van der Waals surface area contributed by atoms with Gasteiger partial charge in [-0.25, -0.2) is 4.79 Å². The van der Waals surface area contributed by atoms with E-state index in [1.165, 1.54) is 5.57 Å². The lowest BCUT2D eigenvalue weighted by Crippen LogP contribution is -2.45. The van der Waals surface area contributed by atoms with Crippen molar-refractivity contribution in [2.45, 2.75) is 50.6 Å². The van der Waals surface area contributed by atoms with E-state index in [2.05, 4.69) is 35.2 Å². The van der Waals surface area contributed by atoms with Crippen LogP contribution in [0.4, 0.5) is 0 Å². The molecule has 0 N–H and O–H groups in total. The van der Waals surface area contributed by atoms with Gasteiger partial charge in [0.1, 0.15) is 24.5 Å². The first kappa shape index (κ1) is 25.1. The first-order chi connectivity index (χ1) is 18.1. The van der Waals surface area contributed by atoms with Gasteiger partial charge in [0.05, 0.1) is 30.8 Å². The van der Waals surface area contributed by atoms with Crippen molar-refractivity contribution in [1.82, 2.24) is 9.88 Å². The van der Waals surface area contributed by atoms with E-state index in [9.17, 15) is 4.79 Å². The zero-order valence-electron chi connectivity index (χ0n) is 21.5. The number of pyridine rings is 1. The number of aromatic nitrogens is 1. The van der Waals surface area contributed by atoms with Crippen molar-refractivity contribution in [2.75, 3.05) is 20.8 Å². The summed E-state index contributed by atoms with van der Waals surface area (Å²) in [6.07, 6.45) is 19.1. The Morgan fingerprint density at radius 3 is 2.78 bits per heavy atom. The average Bonchev–Trinajstić information content (AvgIpc) is 2.96. The second kappa shape index (κ2) is 11.6. The Bertz CT molecular complexity index is 1240. The summed E-state index contributed by atoms with van der Waals surface area (Å²) < 4.78 is 22.3. The molecule has 1 aliphatic heterocycles. The number of rotatable bonds is 8. The van der Waals surface area contributed by atoms with Crippen LogP contribution in [0.3, 0.4) is 0 Å². The summed E-state index contributed by atoms with van der Waals surface area (Å²) in [7, 11) is 3.80. The van der Waals surface area contributed by atoms with Crippen LogP contribution < -0.4 is 4.74 Å². The number of allylic oxidation sites excluding steroid dienone is 3. The van der Waals surface area contributed by atoms with Gasteiger partial charge >= 0.3 is 5.97 Å². The number of benzene rings is 1. The van der Waals surface area contributed by atoms with Gasteiger partial charge in [0.2, 0.25) is 0 Å². The maximum Gasteiger partial charge on any atom is 0.339 e. The van der Waals surface area contributed by atoms with Crippen molar-refractivity contribution in [1.29, 1.82) is 0 Å². The van der Waals surface area contributed by atoms with Gasteiger partial charge in [0, 0.05) is 17.6 Å². The van der Waals surface area contributed by atoms with Crippen LogP contribution in [0.5, 0.6) is 5.75 Å². The minimum Gasteiger partial charge on any atom is -0.497 e. The second-order valence-corrected chi connectivity index (χ2v) is 9.88. The van der Waals surface area contributed by atoms with Crippen LogP contribution >= 0.6 is 0 Å². The summed E-state index contributed by atoms with van der Waals surface area (Å²) in [5.41, 5.74) is 2.62. The molecule has 0 radical (unpaired) electrons. The van der Waals surface area contributed by atoms with Gasteiger partial charge in [0.25, 0.3) is 0 Å². The molecule has 3 aliphatic rings. The number of esters is 1. The zero-order chi connectivity index (χ0) is 25.6. The number of methoxy groups -OCH3 is 1. The number of nitrogens with zero attached hydrogens (tertiary/aromatic N) is 2. The Morgan fingerprint density at radius 1 is 1.19 bits per heavy atom. The van der Waals surface area contributed by atoms with Crippen molar-refractivity contribution in [3.8, 4) is 5.75 Å². The highest BCUT2D eigenvalue weighted by Gasteiger charge is 2.33. The molecule has 2 heterocycles. The van der Waals surface area contributed by atoms with Crippen molar-refractivity contribution in [3.63, 3.8) is 0 Å². The Kier molecular flexibility index (Phi) is 7.90. The SMILES string of the molecule is COc1ccc2ncc(C(=O)OCC3CCC(N(C)C(C4=CC=CCC4)C4=COC=CO4)CC3)cc2c1. The minimum atomic E-state index is -0.330. The first-order valence-electron chi connectivity index (χ1n) is 13.0. The summed E-state index contributed by atoms with van der Waals surface area (Å²) in [5, 5.41) is 0.855. The number of carbonyl (C=O) groups excluding carboxylic acids is 1. The molecular formula is C30H34N2O5. The highest BCUT2D eigenvalue weighted by Crippen LogP contribution is 2.34. The predicted molar refractivity (Wildman–Crippen MR) is 142 cm³/mol. The molecule has 0 spiro atoms. The third-order valence-corrected chi connectivity index (χ3v) is 7.56. The maximum atomic E-state index is 12.7. The van der Waals surface area contributed by atoms with Gasteiger partial charge in [-0.1, -0.05) is 18.2 Å². The fourth-order valence-electron chi connectivity index (χ4n) is 5.45. The molecule has 0 bridgehead atoms. The van der Waals surface area contributed by atoms with E-state index in [-0.39, 0.29) is 12.0 Å². The molecule has 1 fully saturated rings. The Labute approximate surface area is 218 Å². The van der Waals surface area contributed by atoms with Crippen LogP contribution in [-0.2, 0) is 14.2 Å². The average molecular weight is 503 g/mol. The van der Waals surface area contributed by atoms with E-state index in [4.69, 9.17) is 18.9 Å². The molecule has 5 rings (SSSR count). The number of ether oxygens (including phenoxy) is 4. The van der Waals surface area contributed by atoms with Crippen molar-refractivity contribution in [2.24, 2.45) is 5.92 Å². The van der Waals surface area contributed by atoms with E-state index in [1.807, 2.05) is 24.3 Å². The first-order valence-corrected chi connectivity index (χ1v) is 13.0. The molecule has 1 atom stereocenters. The molecule has 2 aliphatic carbocycles. The highest BCUT2D eigenvalue weighted by atomic mass is 16.5. The number of likely N-dealkylation sites (N-methyl/N-ethyl adjacent to an activating group) is 1. The molecule has 1 unspecified atom stereocenters. The monoisotopic (exact) mass is 502 g/mol. The number of carbonyl (C=O) groups is 1. The van der Waals surface area contributed by atoms with E-state index < -0.39 is 0 Å². The summed E-state index contributed by atoms with van der Waals surface area (Å²) in [6.45, 7) is 0.428. The topological polar surface area (TPSA) is 70.1 Å². The molecule has 1 saturated carbocycles. The lowest BCUT2D eigenvalue weighted by atomic mass is 9.84. The molecule has 1 aromatic carbocycles. The lowest BCUT2D eigenvalue weighted by Gasteiger charge is -2.40. The number of hydrogen-bond acceptors (Lipinski definition) is 7. The molecule has 1 aromatic heterocycles. The lowest BCUT2D eigenvalue weighted by molar-refractivity contribution is 0.0362. The predicted octanol–water partition coefficient (Wildman–Crippen LogP) is 5.90. The van der Waals surface area contributed by atoms with Crippen LogP contribution in [0, 0.1) is 5.92 Å². The van der Waals surface area contributed by atoms with Crippen LogP contribution in [-0.4, -0.2) is 48.7 Å². The maximum absolute atomic E-state index is 12.7. The third-order valence-electron chi connectivity index (χ3n) is 7.56. The minimum absolute atomic E-state index is 0.0494. The smallest absolute Gasteiger partial charge is 0.339 e. The van der Waals surface area contributed by atoms with Gasteiger partial charge in [-0.05, 0) is 81.3 Å². The number of hydrogen-bond donors (Lipinski definition) is 0. The summed E-state index contributed by atoms with van der Waals surface area (Å²) >= 11 is 0. The molecule has 2 aromatic rings. The van der Waals surface area contributed by atoms with E-state index >= 15 is 0 Å². The van der Waals surface area contributed by atoms with Crippen LogP contribution in [0.15, 0.2) is 78.8 Å². The second-order valence-electron chi connectivity index (χ2n) is 9.88. The fraction of sp³-hybridized carbons (Fsp3) is 0.400. The van der Waals surface area contributed by atoms with Crippen molar-refractivity contribution < 1.29 is 23.7 Å². The van der Waals surface area contributed by atoms with Gasteiger partial charge < -0.3 is 18.9 Å². The highest BCUT2D eigenvalue weighted by molar-refractivity contribution is 5.93. The molecule has 37 heavy (non-hydrogen) atoms. The zero-order valence-corrected chi connectivity index (χ0v) is 21.5. The van der Waals surface area contributed by atoms with Crippen molar-refractivity contribution >= 4 is 16.9 Å². The van der Waals surface area contributed by atoms with Gasteiger partial charge in [-0.3, -0.25) is 9.88 Å². The van der Waals surface area contributed by atoms with Gasteiger partial charge in [-0.15, -0.1) is 0 Å². The molecule has 0 amide bonds. The fourth-order valence-corrected chi connectivity index (χ4v) is 5.45. The molecule has 194 valence electrons. The Balaban J connectivity index is 1.17. The van der Waals surface area contributed by atoms with Crippen molar-refractivity contribution in [3.05, 3.63) is 84.4 Å². The molecule has 7 nitrogen and oxygen atoms in total. The van der Waals surface area contributed by atoms with Gasteiger partial charge in [0.15, 0.2) is 5.76 Å². The molecule has 0 saturated heterocycles. The van der Waals surface area contributed by atoms with E-state index in [0.29, 0.717) is 24.1 Å². The normalized spacial score (nSPS) is 22.0. The Morgan fingerprint density at radius 2 is 2.05 bits per heavy atom. The summed E-state index contributed by atoms with van der Waals surface area (Å²) in [6, 6.07) is 7.89. The summed E-state index contributed by atoms with van der Waals surface area (Å²) in [5.74, 6) is 1.58. The van der Waals surface area contributed by atoms with E-state index in [0.717, 1.165) is 60.9 Å². The number of fused-ring (bicyclic) bond motifs is 1. The van der Waals surface area contributed by atoms with Gasteiger partial charge in [-0.2, -0.15) is 0 Å². The van der Waals surface area contributed by atoms with Crippen LogP contribution in [0.1, 0.15) is 48.9 Å². The quantitative estimate of drug-likeness (QED) is 0.417. The summed E-state index contributed by atoms with van der Waals surface area (Å²) in [4.78, 5) is 19.6.